The molecule has 0 saturated heterocycles. The summed E-state index contributed by atoms with van der Waals surface area (Å²) in [5.41, 5.74) is 2.20. The van der Waals surface area contributed by atoms with E-state index in [1.54, 1.807) is 23.1 Å². The van der Waals surface area contributed by atoms with Crippen LogP contribution in [-0.2, 0) is 12.8 Å². The minimum atomic E-state index is -0.0851. The lowest BCUT2D eigenvalue weighted by atomic mass is 10.2. The highest BCUT2D eigenvalue weighted by molar-refractivity contribution is 7.99. The molecule has 0 saturated carbocycles. The molecule has 0 fully saturated rings. The number of nitrogens with zero attached hydrogens (tertiary/aromatic N) is 2. The average molecular weight is 340 g/mol. The molecule has 2 aromatic heterocycles. The molecule has 1 aromatic carbocycles. The van der Waals surface area contributed by atoms with Gasteiger partial charge in [-0.15, -0.1) is 17.9 Å². The number of aryl methyl sites for hydroxylation is 2. The number of aromatic nitrogens is 2. The molecule has 0 radical (unpaired) electrons. The first-order valence-electron chi connectivity index (χ1n) is 7.66. The average Bonchev–Trinajstić information content (AvgIpc) is 3.14. The van der Waals surface area contributed by atoms with Crippen molar-refractivity contribution in [2.24, 2.45) is 0 Å². The monoisotopic (exact) mass is 340 g/mol. The molecule has 0 spiro atoms. The van der Waals surface area contributed by atoms with Crippen LogP contribution in [0.15, 0.2) is 52.9 Å². The molecular formula is C18H16N2OS2. The van der Waals surface area contributed by atoms with Gasteiger partial charge in [-0.25, -0.2) is 0 Å². The van der Waals surface area contributed by atoms with Crippen LogP contribution in [0.3, 0.4) is 0 Å². The van der Waals surface area contributed by atoms with Gasteiger partial charge in [0.25, 0.3) is 5.56 Å². The van der Waals surface area contributed by atoms with Gasteiger partial charge >= 0.3 is 0 Å². The van der Waals surface area contributed by atoms with Crippen molar-refractivity contribution in [3.05, 3.63) is 63.8 Å². The molecule has 4 rings (SSSR count). The number of hydrogen-bond donors (Lipinski definition) is 0. The molecule has 0 N–H and O–H groups in total. The van der Waals surface area contributed by atoms with Crippen molar-refractivity contribution >= 4 is 33.3 Å². The van der Waals surface area contributed by atoms with Crippen LogP contribution in [0.1, 0.15) is 16.9 Å². The maximum Gasteiger partial charge on any atom is 0.282 e. The second-order valence-electron chi connectivity index (χ2n) is 5.51. The fraction of sp³-hybridized carbons (Fsp3) is 0.222. The van der Waals surface area contributed by atoms with Gasteiger partial charge < -0.3 is 0 Å². The van der Waals surface area contributed by atoms with Crippen LogP contribution >= 0.6 is 23.1 Å². The predicted molar refractivity (Wildman–Crippen MR) is 98.2 cm³/mol. The highest BCUT2D eigenvalue weighted by atomic mass is 32.2. The standard InChI is InChI=1S/C18H16N2OS2/c1-2-11-22-18-19-16(21)15-13-9-6-10-14(13)23-17(15)20(18)12-7-4-3-5-8-12/h2-5,7-8H,1,6,9-11H2. The fourth-order valence-electron chi connectivity index (χ4n) is 3.08. The first-order chi connectivity index (χ1) is 11.3. The van der Waals surface area contributed by atoms with Gasteiger partial charge in [0.15, 0.2) is 5.16 Å². The molecule has 1 aliphatic carbocycles. The summed E-state index contributed by atoms with van der Waals surface area (Å²) >= 11 is 3.31. The topological polar surface area (TPSA) is 34.9 Å². The number of fused-ring (bicyclic) bond motifs is 3. The van der Waals surface area contributed by atoms with E-state index in [0.29, 0.717) is 0 Å². The molecule has 5 heteroatoms. The maximum atomic E-state index is 12.6. The summed E-state index contributed by atoms with van der Waals surface area (Å²) < 4.78 is 2.13. The molecule has 116 valence electrons. The van der Waals surface area contributed by atoms with Crippen molar-refractivity contribution < 1.29 is 0 Å². The molecule has 0 unspecified atom stereocenters. The Balaban J connectivity index is 2.05. The Morgan fingerprint density at radius 1 is 1.30 bits per heavy atom. The van der Waals surface area contributed by atoms with Crippen LogP contribution in [-0.4, -0.2) is 15.3 Å². The van der Waals surface area contributed by atoms with Crippen LogP contribution in [0, 0.1) is 0 Å². The summed E-state index contributed by atoms with van der Waals surface area (Å²) in [5, 5.41) is 1.57. The van der Waals surface area contributed by atoms with Gasteiger partial charge in [0, 0.05) is 16.3 Å². The SMILES string of the molecule is C=CCSc1nc(=O)c2c3c(sc2n1-c1ccccc1)CCC3. The van der Waals surface area contributed by atoms with E-state index in [-0.39, 0.29) is 5.56 Å². The Bertz CT molecular complexity index is 941. The van der Waals surface area contributed by atoms with E-state index in [1.807, 2.05) is 24.3 Å². The third-order valence-electron chi connectivity index (χ3n) is 4.05. The van der Waals surface area contributed by atoms with Crippen LogP contribution in [0.2, 0.25) is 0 Å². The smallest absolute Gasteiger partial charge is 0.280 e. The molecule has 0 bridgehead atoms. The lowest BCUT2D eigenvalue weighted by Gasteiger charge is -2.13. The van der Waals surface area contributed by atoms with Crippen LogP contribution in [0.5, 0.6) is 0 Å². The molecule has 3 nitrogen and oxygen atoms in total. The lowest BCUT2D eigenvalue weighted by molar-refractivity contribution is 0.855. The van der Waals surface area contributed by atoms with E-state index in [4.69, 9.17) is 0 Å². The summed E-state index contributed by atoms with van der Waals surface area (Å²) in [6.07, 6.45) is 5.07. The lowest BCUT2D eigenvalue weighted by Crippen LogP contribution is -2.14. The largest absolute Gasteiger partial charge is 0.282 e. The Labute approximate surface area is 142 Å². The van der Waals surface area contributed by atoms with E-state index in [9.17, 15) is 4.79 Å². The first kappa shape index (κ1) is 14.7. The van der Waals surface area contributed by atoms with Crippen molar-refractivity contribution in [1.82, 2.24) is 9.55 Å². The van der Waals surface area contributed by atoms with Gasteiger partial charge in [-0.3, -0.25) is 9.36 Å². The Morgan fingerprint density at radius 2 is 2.13 bits per heavy atom. The molecule has 0 aliphatic heterocycles. The van der Waals surface area contributed by atoms with Crippen LogP contribution in [0.25, 0.3) is 15.9 Å². The van der Waals surface area contributed by atoms with Crippen molar-refractivity contribution in [2.45, 2.75) is 24.4 Å². The zero-order chi connectivity index (χ0) is 15.8. The molecule has 23 heavy (non-hydrogen) atoms. The summed E-state index contributed by atoms with van der Waals surface area (Å²) in [6.45, 7) is 3.77. The first-order valence-corrected chi connectivity index (χ1v) is 9.46. The minimum Gasteiger partial charge on any atom is -0.280 e. The quantitative estimate of drug-likeness (QED) is 0.405. The number of thioether (sulfide) groups is 1. The molecule has 1 aliphatic rings. The molecule has 3 aromatic rings. The van der Waals surface area contributed by atoms with Gasteiger partial charge in [-0.1, -0.05) is 36.0 Å². The summed E-state index contributed by atoms with van der Waals surface area (Å²) in [5.74, 6) is 0.732. The third kappa shape index (κ3) is 2.44. The van der Waals surface area contributed by atoms with Gasteiger partial charge in [-0.2, -0.15) is 4.98 Å². The maximum absolute atomic E-state index is 12.6. The zero-order valence-electron chi connectivity index (χ0n) is 12.6. The number of rotatable bonds is 4. The Kier molecular flexibility index (Phi) is 3.83. The molecular weight excluding hydrogens is 324 g/mol. The zero-order valence-corrected chi connectivity index (χ0v) is 14.3. The third-order valence-corrected chi connectivity index (χ3v) is 6.26. The Morgan fingerprint density at radius 3 is 2.91 bits per heavy atom. The summed E-state index contributed by atoms with van der Waals surface area (Å²) in [4.78, 5) is 19.4. The van der Waals surface area contributed by atoms with E-state index < -0.39 is 0 Å². The molecule has 0 atom stereocenters. The number of benzene rings is 1. The van der Waals surface area contributed by atoms with E-state index >= 15 is 0 Å². The van der Waals surface area contributed by atoms with Crippen LogP contribution in [0.4, 0.5) is 0 Å². The second-order valence-corrected chi connectivity index (χ2v) is 7.58. The van der Waals surface area contributed by atoms with E-state index in [1.165, 1.54) is 10.4 Å². The highest BCUT2D eigenvalue weighted by Gasteiger charge is 2.24. The molecule has 0 amide bonds. The van der Waals surface area contributed by atoms with Gasteiger partial charge in [0.1, 0.15) is 4.83 Å². The van der Waals surface area contributed by atoms with Gasteiger partial charge in [-0.05, 0) is 37.0 Å². The number of thiophene rings is 1. The van der Waals surface area contributed by atoms with Crippen molar-refractivity contribution in [3.63, 3.8) is 0 Å². The van der Waals surface area contributed by atoms with E-state index in [2.05, 4.69) is 28.3 Å². The summed E-state index contributed by atoms with van der Waals surface area (Å²) in [7, 11) is 0. The Hall–Kier alpha value is -1.85. The predicted octanol–water partition coefficient (Wildman–Crippen LogP) is 4.21. The van der Waals surface area contributed by atoms with E-state index in [0.717, 1.165) is 46.1 Å². The van der Waals surface area contributed by atoms with Crippen molar-refractivity contribution in [3.8, 4) is 5.69 Å². The number of hydrogen-bond acceptors (Lipinski definition) is 4. The summed E-state index contributed by atoms with van der Waals surface area (Å²) in [6, 6.07) is 10.2. The number of para-hydroxylation sites is 1. The molecule has 2 heterocycles. The minimum absolute atomic E-state index is 0.0851. The van der Waals surface area contributed by atoms with Gasteiger partial charge in [0.2, 0.25) is 0 Å². The van der Waals surface area contributed by atoms with Crippen molar-refractivity contribution in [1.29, 1.82) is 0 Å². The highest BCUT2D eigenvalue weighted by Crippen LogP contribution is 2.38. The fourth-order valence-corrected chi connectivity index (χ4v) is 5.28. The second kappa shape index (κ2) is 5.98. The normalized spacial score (nSPS) is 13.4. The van der Waals surface area contributed by atoms with Crippen molar-refractivity contribution in [2.75, 3.05) is 5.75 Å². The van der Waals surface area contributed by atoms with Crippen LogP contribution < -0.4 is 5.56 Å². The van der Waals surface area contributed by atoms with Gasteiger partial charge in [0.05, 0.1) is 5.39 Å².